The Kier molecular flexibility index (Phi) is 3.52. The number of allylic oxidation sites excluding steroid dienone is 1. The number of nitrogens with zero attached hydrogens (tertiary/aromatic N) is 1. The molecule has 1 saturated heterocycles. The van der Waals surface area contributed by atoms with E-state index in [0.717, 1.165) is 17.8 Å². The van der Waals surface area contributed by atoms with E-state index in [2.05, 4.69) is 17.9 Å². The second kappa shape index (κ2) is 5.22. The predicted octanol–water partition coefficient (Wildman–Crippen LogP) is 2.26. The maximum absolute atomic E-state index is 13.9. The van der Waals surface area contributed by atoms with Gasteiger partial charge in [0.25, 0.3) is 0 Å². The molecule has 2 atom stereocenters. The maximum Gasteiger partial charge on any atom is 0.309 e. The van der Waals surface area contributed by atoms with E-state index in [1.54, 1.807) is 0 Å². The van der Waals surface area contributed by atoms with Crippen molar-refractivity contribution in [1.29, 1.82) is 0 Å². The molecule has 1 fully saturated rings. The smallest absolute Gasteiger partial charge is 0.309 e. The van der Waals surface area contributed by atoms with Crippen LogP contribution in [0.1, 0.15) is 24.3 Å². The van der Waals surface area contributed by atoms with Gasteiger partial charge < -0.3 is 15.3 Å². The van der Waals surface area contributed by atoms with Gasteiger partial charge in [0.2, 0.25) is 0 Å². The zero-order valence-electron chi connectivity index (χ0n) is 11.0. The summed E-state index contributed by atoms with van der Waals surface area (Å²) in [7, 11) is 0. The summed E-state index contributed by atoms with van der Waals surface area (Å²) in [6, 6.07) is 3.42. The molecule has 1 aromatic rings. The lowest BCUT2D eigenvalue weighted by Crippen LogP contribution is -2.32. The molecule has 0 spiro atoms. The number of fused-ring (bicyclic) bond motifs is 1. The molecule has 2 aliphatic heterocycles. The van der Waals surface area contributed by atoms with Crippen LogP contribution in [0.2, 0.25) is 0 Å². The SMILES string of the molecule is O=C(O)CC1=C2C[C@H](c3cc(F)ccc3F)CN2C(S)N1. The monoisotopic (exact) mass is 312 g/mol. The summed E-state index contributed by atoms with van der Waals surface area (Å²) in [5.74, 6) is -2.05. The summed E-state index contributed by atoms with van der Waals surface area (Å²) in [5, 5.41) is 11.9. The average molecular weight is 312 g/mol. The molecule has 1 aromatic carbocycles. The first-order valence-electron chi connectivity index (χ1n) is 6.55. The minimum Gasteiger partial charge on any atom is -0.481 e. The lowest BCUT2D eigenvalue weighted by molar-refractivity contribution is -0.136. The van der Waals surface area contributed by atoms with Gasteiger partial charge >= 0.3 is 5.97 Å². The van der Waals surface area contributed by atoms with Crippen LogP contribution in [-0.4, -0.2) is 28.0 Å². The summed E-state index contributed by atoms with van der Waals surface area (Å²) < 4.78 is 27.2. The third kappa shape index (κ3) is 2.57. The third-order valence-corrected chi connectivity index (χ3v) is 4.28. The second-order valence-corrected chi connectivity index (χ2v) is 5.72. The van der Waals surface area contributed by atoms with Gasteiger partial charge in [0.15, 0.2) is 0 Å². The van der Waals surface area contributed by atoms with Crippen molar-refractivity contribution < 1.29 is 18.7 Å². The predicted molar refractivity (Wildman–Crippen MR) is 75.6 cm³/mol. The second-order valence-electron chi connectivity index (χ2n) is 5.23. The van der Waals surface area contributed by atoms with Crippen LogP contribution in [0.4, 0.5) is 8.78 Å². The van der Waals surface area contributed by atoms with E-state index in [9.17, 15) is 13.6 Å². The molecule has 0 saturated carbocycles. The average Bonchev–Trinajstić information content (AvgIpc) is 2.95. The Labute approximate surface area is 125 Å². The fraction of sp³-hybridized carbons (Fsp3) is 0.357. The molecule has 4 nitrogen and oxygen atoms in total. The number of benzene rings is 1. The summed E-state index contributed by atoms with van der Waals surface area (Å²) in [5.41, 5.74) is 1.43. The van der Waals surface area contributed by atoms with Gasteiger partial charge in [-0.15, -0.1) is 12.6 Å². The third-order valence-electron chi connectivity index (χ3n) is 3.88. The van der Waals surface area contributed by atoms with Crippen LogP contribution in [-0.2, 0) is 4.79 Å². The first kappa shape index (κ1) is 14.2. The zero-order chi connectivity index (χ0) is 15.1. The molecule has 0 radical (unpaired) electrons. The van der Waals surface area contributed by atoms with E-state index in [1.165, 1.54) is 6.07 Å². The standard InChI is InChI=1S/C14H14F2N2O2S/c15-8-1-2-10(16)9(4-8)7-3-12-11(5-13(19)20)17-14(21)18(12)6-7/h1-2,4,7,14,17,21H,3,5-6H2,(H,19,20)/t7-,14?/m0/s1. The van der Waals surface area contributed by atoms with Crippen molar-refractivity contribution in [2.24, 2.45) is 0 Å². The van der Waals surface area contributed by atoms with Crippen LogP contribution < -0.4 is 5.32 Å². The molecule has 1 unspecified atom stereocenters. The fourth-order valence-corrected chi connectivity index (χ4v) is 3.35. The molecule has 2 N–H and O–H groups in total. The first-order valence-corrected chi connectivity index (χ1v) is 7.07. The van der Waals surface area contributed by atoms with Crippen LogP contribution in [0, 0.1) is 11.6 Å². The highest BCUT2D eigenvalue weighted by Crippen LogP contribution is 2.41. The lowest BCUT2D eigenvalue weighted by Gasteiger charge is -2.20. The summed E-state index contributed by atoms with van der Waals surface area (Å²) in [4.78, 5) is 12.8. The van der Waals surface area contributed by atoms with Crippen LogP contribution in [0.25, 0.3) is 0 Å². The molecular formula is C14H14F2N2O2S. The van der Waals surface area contributed by atoms with E-state index >= 15 is 0 Å². The number of aliphatic carboxylic acids is 1. The van der Waals surface area contributed by atoms with Crippen LogP contribution in [0.3, 0.4) is 0 Å². The number of hydrogen-bond acceptors (Lipinski definition) is 4. The summed E-state index contributed by atoms with van der Waals surface area (Å²) in [6.45, 7) is 0.486. The van der Waals surface area contributed by atoms with Gasteiger partial charge in [-0.05, 0) is 30.2 Å². The number of carboxylic acid groups (broad SMARTS) is 1. The molecule has 0 aromatic heterocycles. The summed E-state index contributed by atoms with van der Waals surface area (Å²) in [6.07, 6.45) is 0.355. The van der Waals surface area contributed by atoms with Crippen molar-refractivity contribution in [2.45, 2.75) is 24.3 Å². The van der Waals surface area contributed by atoms with Crippen molar-refractivity contribution >= 4 is 18.6 Å². The van der Waals surface area contributed by atoms with Crippen molar-refractivity contribution in [2.75, 3.05) is 6.54 Å². The minimum atomic E-state index is -0.937. The molecule has 3 rings (SSSR count). The van der Waals surface area contributed by atoms with Gasteiger partial charge in [-0.2, -0.15) is 0 Å². The minimum absolute atomic E-state index is 0.124. The van der Waals surface area contributed by atoms with Gasteiger partial charge in [0.1, 0.15) is 17.1 Å². The topological polar surface area (TPSA) is 52.6 Å². The fourth-order valence-electron chi connectivity index (χ4n) is 2.96. The Morgan fingerprint density at radius 1 is 1.48 bits per heavy atom. The molecule has 2 aliphatic rings. The lowest BCUT2D eigenvalue weighted by atomic mass is 9.96. The van der Waals surface area contributed by atoms with E-state index < -0.39 is 17.6 Å². The molecule has 0 aliphatic carbocycles. The van der Waals surface area contributed by atoms with Crippen LogP contribution in [0.15, 0.2) is 29.6 Å². The summed E-state index contributed by atoms with van der Waals surface area (Å²) >= 11 is 4.36. The zero-order valence-corrected chi connectivity index (χ0v) is 11.9. The van der Waals surface area contributed by atoms with Crippen molar-refractivity contribution in [3.63, 3.8) is 0 Å². The van der Waals surface area contributed by atoms with Crippen molar-refractivity contribution in [1.82, 2.24) is 10.2 Å². The Hall–Kier alpha value is -1.76. The molecule has 0 bridgehead atoms. The highest BCUT2D eigenvalue weighted by molar-refractivity contribution is 7.80. The Bertz CT molecular complexity index is 635. The Balaban J connectivity index is 1.90. The van der Waals surface area contributed by atoms with Gasteiger partial charge in [-0.25, -0.2) is 8.78 Å². The maximum atomic E-state index is 13.9. The molecule has 112 valence electrons. The number of thiol groups is 1. The number of rotatable bonds is 3. The molecule has 0 amide bonds. The number of carboxylic acids is 1. The molecule has 7 heteroatoms. The van der Waals surface area contributed by atoms with E-state index in [4.69, 9.17) is 5.11 Å². The number of nitrogens with one attached hydrogen (secondary N) is 1. The van der Waals surface area contributed by atoms with E-state index in [1.807, 2.05) is 4.90 Å². The molecule has 21 heavy (non-hydrogen) atoms. The quantitative estimate of drug-likeness (QED) is 0.750. The van der Waals surface area contributed by atoms with Gasteiger partial charge in [0.05, 0.1) is 6.42 Å². The highest BCUT2D eigenvalue weighted by atomic mass is 32.1. The van der Waals surface area contributed by atoms with Gasteiger partial charge in [-0.3, -0.25) is 4.79 Å². The van der Waals surface area contributed by atoms with Crippen LogP contribution >= 0.6 is 12.6 Å². The van der Waals surface area contributed by atoms with Crippen molar-refractivity contribution in [3.05, 3.63) is 46.8 Å². The highest BCUT2D eigenvalue weighted by Gasteiger charge is 2.39. The number of hydrogen-bond donors (Lipinski definition) is 3. The van der Waals surface area contributed by atoms with E-state index in [0.29, 0.717) is 24.2 Å². The Morgan fingerprint density at radius 3 is 2.95 bits per heavy atom. The first-order chi connectivity index (χ1) is 9.95. The van der Waals surface area contributed by atoms with Crippen LogP contribution in [0.5, 0.6) is 0 Å². The number of halogens is 2. The molecular weight excluding hydrogens is 298 g/mol. The van der Waals surface area contributed by atoms with Crippen molar-refractivity contribution in [3.8, 4) is 0 Å². The largest absolute Gasteiger partial charge is 0.481 e. The Morgan fingerprint density at radius 2 is 2.24 bits per heavy atom. The normalized spacial score (nSPS) is 24.2. The van der Waals surface area contributed by atoms with E-state index in [-0.39, 0.29) is 17.8 Å². The van der Waals surface area contributed by atoms with Gasteiger partial charge in [0, 0.05) is 23.9 Å². The molecule has 2 heterocycles. The van der Waals surface area contributed by atoms with Gasteiger partial charge in [-0.1, -0.05) is 0 Å². The number of carbonyl (C=O) groups is 1.